The van der Waals surface area contributed by atoms with Crippen LogP contribution in [0.15, 0.2) is 67.1 Å². The Bertz CT molecular complexity index is 1520. The van der Waals surface area contributed by atoms with Gasteiger partial charge in [0.25, 0.3) is 0 Å². The molecule has 0 saturated carbocycles. The molecule has 0 spiro atoms. The average molecular weight is 443 g/mol. The van der Waals surface area contributed by atoms with Gasteiger partial charge in [-0.05, 0) is 53.5 Å². The molecule has 2 aromatic carbocycles. The fraction of sp³-hybridized carbons (Fsp3) is 0.200. The van der Waals surface area contributed by atoms with E-state index in [1.54, 1.807) is 0 Å². The SMILES string of the molecule is Cn1cnc2ccc(C3=CCc4ncc(-c5cccc(N6CCCS6(=O)=O)c5)cc43)cc21. The lowest BCUT2D eigenvalue weighted by Crippen LogP contribution is -2.24. The third kappa shape index (κ3) is 3.04. The van der Waals surface area contributed by atoms with E-state index >= 15 is 0 Å². The van der Waals surface area contributed by atoms with Crippen LogP contribution in [0.4, 0.5) is 5.69 Å². The number of aryl methyl sites for hydroxylation is 1. The summed E-state index contributed by atoms with van der Waals surface area (Å²) in [6.07, 6.45) is 7.42. The second-order valence-electron chi connectivity index (χ2n) is 8.39. The molecule has 2 aromatic heterocycles. The molecule has 32 heavy (non-hydrogen) atoms. The largest absolute Gasteiger partial charge is 0.334 e. The minimum atomic E-state index is -3.21. The number of anilines is 1. The Morgan fingerprint density at radius 3 is 2.72 bits per heavy atom. The lowest BCUT2D eigenvalue weighted by molar-refractivity contribution is 0.599. The fourth-order valence-corrected chi connectivity index (χ4v) is 6.25. The number of fused-ring (bicyclic) bond motifs is 2. The van der Waals surface area contributed by atoms with Crippen molar-refractivity contribution < 1.29 is 8.42 Å². The number of allylic oxidation sites excluding steroid dienone is 1. The van der Waals surface area contributed by atoms with E-state index in [1.807, 2.05) is 48.4 Å². The summed E-state index contributed by atoms with van der Waals surface area (Å²) in [4.78, 5) is 9.16. The lowest BCUT2D eigenvalue weighted by atomic mass is 9.97. The topological polar surface area (TPSA) is 68.1 Å². The van der Waals surface area contributed by atoms with Crippen LogP contribution in [-0.4, -0.2) is 35.3 Å². The van der Waals surface area contributed by atoms with Crippen molar-refractivity contribution in [2.75, 3.05) is 16.6 Å². The molecule has 1 aliphatic carbocycles. The number of nitrogens with zero attached hydrogens (tertiary/aromatic N) is 4. The zero-order valence-corrected chi connectivity index (χ0v) is 18.5. The van der Waals surface area contributed by atoms with E-state index in [0.717, 1.165) is 51.1 Å². The summed E-state index contributed by atoms with van der Waals surface area (Å²) < 4.78 is 28.3. The Kier molecular flexibility index (Phi) is 4.23. The quantitative estimate of drug-likeness (QED) is 0.478. The van der Waals surface area contributed by atoms with Crippen LogP contribution in [0.1, 0.15) is 23.2 Å². The maximum Gasteiger partial charge on any atom is 0.235 e. The number of sulfonamides is 1. The summed E-state index contributed by atoms with van der Waals surface area (Å²) in [5.41, 5.74) is 9.26. The maximum atomic E-state index is 12.4. The first kappa shape index (κ1) is 19.3. The van der Waals surface area contributed by atoms with E-state index in [4.69, 9.17) is 4.98 Å². The first-order valence-electron chi connectivity index (χ1n) is 10.7. The smallest absolute Gasteiger partial charge is 0.235 e. The Morgan fingerprint density at radius 2 is 1.88 bits per heavy atom. The predicted octanol–water partition coefficient (Wildman–Crippen LogP) is 4.16. The van der Waals surface area contributed by atoms with E-state index < -0.39 is 10.0 Å². The highest BCUT2D eigenvalue weighted by molar-refractivity contribution is 7.93. The van der Waals surface area contributed by atoms with E-state index in [1.165, 1.54) is 9.88 Å². The van der Waals surface area contributed by atoms with Gasteiger partial charge in [-0.25, -0.2) is 13.4 Å². The highest BCUT2D eigenvalue weighted by Gasteiger charge is 2.28. The first-order valence-corrected chi connectivity index (χ1v) is 12.3. The van der Waals surface area contributed by atoms with Crippen LogP contribution in [0.3, 0.4) is 0 Å². The number of hydrogen-bond donors (Lipinski definition) is 0. The minimum Gasteiger partial charge on any atom is -0.334 e. The van der Waals surface area contributed by atoms with Gasteiger partial charge in [-0.1, -0.05) is 24.3 Å². The van der Waals surface area contributed by atoms with Crippen LogP contribution in [0.2, 0.25) is 0 Å². The molecule has 0 atom stereocenters. The summed E-state index contributed by atoms with van der Waals surface area (Å²) in [6.45, 7) is 0.539. The molecule has 1 fully saturated rings. The molecular formula is C25H22N4O2S. The Balaban J connectivity index is 1.40. The molecule has 0 N–H and O–H groups in total. The van der Waals surface area contributed by atoms with Gasteiger partial charge in [0, 0.05) is 37.3 Å². The van der Waals surface area contributed by atoms with E-state index in [-0.39, 0.29) is 5.75 Å². The van der Waals surface area contributed by atoms with Crippen molar-refractivity contribution >= 4 is 32.3 Å². The molecule has 0 bridgehead atoms. The number of aromatic nitrogens is 3. The van der Waals surface area contributed by atoms with Gasteiger partial charge in [0.2, 0.25) is 10.0 Å². The van der Waals surface area contributed by atoms with Gasteiger partial charge >= 0.3 is 0 Å². The van der Waals surface area contributed by atoms with Crippen molar-refractivity contribution in [3.63, 3.8) is 0 Å². The number of hydrogen-bond acceptors (Lipinski definition) is 4. The van der Waals surface area contributed by atoms with Crippen LogP contribution >= 0.6 is 0 Å². The Labute approximate surface area is 186 Å². The van der Waals surface area contributed by atoms with Gasteiger partial charge in [-0.3, -0.25) is 9.29 Å². The molecule has 6 rings (SSSR count). The zero-order chi connectivity index (χ0) is 21.9. The van der Waals surface area contributed by atoms with Crippen LogP contribution in [-0.2, 0) is 23.5 Å². The zero-order valence-electron chi connectivity index (χ0n) is 17.7. The third-order valence-corrected chi connectivity index (χ3v) is 8.23. The number of rotatable bonds is 3. The molecule has 0 radical (unpaired) electrons. The van der Waals surface area contributed by atoms with Crippen molar-refractivity contribution in [2.24, 2.45) is 7.05 Å². The minimum absolute atomic E-state index is 0.215. The second kappa shape index (κ2) is 7.03. The first-order chi connectivity index (χ1) is 15.5. The van der Waals surface area contributed by atoms with Gasteiger partial charge in [-0.15, -0.1) is 0 Å². The highest BCUT2D eigenvalue weighted by Crippen LogP contribution is 2.36. The normalized spacial score (nSPS) is 17.0. The predicted molar refractivity (Wildman–Crippen MR) is 127 cm³/mol. The van der Waals surface area contributed by atoms with E-state index in [0.29, 0.717) is 13.0 Å². The van der Waals surface area contributed by atoms with Gasteiger partial charge in [0.1, 0.15) is 0 Å². The van der Waals surface area contributed by atoms with Crippen molar-refractivity contribution in [3.05, 3.63) is 84.0 Å². The molecule has 7 heteroatoms. The van der Waals surface area contributed by atoms with Gasteiger partial charge < -0.3 is 4.57 Å². The monoisotopic (exact) mass is 442 g/mol. The van der Waals surface area contributed by atoms with Gasteiger partial charge in [0.05, 0.1) is 34.5 Å². The second-order valence-corrected chi connectivity index (χ2v) is 10.4. The van der Waals surface area contributed by atoms with E-state index in [2.05, 4.69) is 35.3 Å². The number of pyridine rings is 1. The maximum absolute atomic E-state index is 12.4. The summed E-state index contributed by atoms with van der Waals surface area (Å²) in [5, 5.41) is 0. The van der Waals surface area contributed by atoms with E-state index in [9.17, 15) is 8.42 Å². The van der Waals surface area contributed by atoms with Crippen molar-refractivity contribution in [2.45, 2.75) is 12.8 Å². The molecule has 1 aliphatic heterocycles. The van der Waals surface area contributed by atoms with Crippen molar-refractivity contribution in [1.82, 2.24) is 14.5 Å². The number of benzene rings is 2. The van der Waals surface area contributed by atoms with Gasteiger partial charge in [-0.2, -0.15) is 0 Å². The molecule has 160 valence electrons. The average Bonchev–Trinajstić information content (AvgIpc) is 3.49. The molecule has 0 amide bonds. The van der Waals surface area contributed by atoms with Crippen LogP contribution in [0, 0.1) is 0 Å². The summed E-state index contributed by atoms with van der Waals surface area (Å²) >= 11 is 0. The molecular weight excluding hydrogens is 420 g/mol. The molecule has 6 nitrogen and oxygen atoms in total. The molecule has 0 unspecified atom stereocenters. The van der Waals surface area contributed by atoms with Crippen LogP contribution in [0.25, 0.3) is 27.7 Å². The number of imidazole rings is 1. The fourth-order valence-electron chi connectivity index (χ4n) is 4.69. The van der Waals surface area contributed by atoms with Crippen molar-refractivity contribution in [1.29, 1.82) is 0 Å². The molecule has 3 heterocycles. The van der Waals surface area contributed by atoms with Gasteiger partial charge in [0.15, 0.2) is 0 Å². The molecule has 2 aliphatic rings. The van der Waals surface area contributed by atoms with Crippen LogP contribution in [0.5, 0.6) is 0 Å². The highest BCUT2D eigenvalue weighted by atomic mass is 32.2. The summed E-state index contributed by atoms with van der Waals surface area (Å²) in [6, 6.07) is 16.3. The standard InChI is InChI=1S/C25H22N4O2S/c1-28-16-27-24-8-6-18(14-25(24)28)21-7-9-23-22(21)13-19(15-26-23)17-4-2-5-20(12-17)29-10-3-11-32(29,30)31/h2,4-8,12-16H,3,9-11H2,1H3. The lowest BCUT2D eigenvalue weighted by Gasteiger charge is -2.18. The van der Waals surface area contributed by atoms with Crippen LogP contribution < -0.4 is 4.31 Å². The molecule has 4 aromatic rings. The summed E-state index contributed by atoms with van der Waals surface area (Å²) in [5.74, 6) is 0.215. The Hall–Kier alpha value is -3.45. The Morgan fingerprint density at radius 1 is 0.969 bits per heavy atom. The molecule has 1 saturated heterocycles. The third-order valence-electron chi connectivity index (χ3n) is 6.36. The summed E-state index contributed by atoms with van der Waals surface area (Å²) in [7, 11) is -1.21. The van der Waals surface area contributed by atoms with Crippen molar-refractivity contribution in [3.8, 4) is 11.1 Å².